The Morgan fingerprint density at radius 2 is 1.82 bits per heavy atom. The predicted octanol–water partition coefficient (Wildman–Crippen LogP) is 3.63. The fourth-order valence-corrected chi connectivity index (χ4v) is 2.96. The second-order valence-corrected chi connectivity index (χ2v) is 6.65. The Balaban J connectivity index is 1.98. The van der Waals surface area contributed by atoms with Crippen LogP contribution in [0.2, 0.25) is 0 Å². The average Bonchev–Trinajstić information content (AvgIpc) is 2.68. The van der Waals surface area contributed by atoms with E-state index in [9.17, 15) is 14.7 Å². The van der Waals surface area contributed by atoms with Gasteiger partial charge in [-0.25, -0.2) is 9.36 Å². The van der Waals surface area contributed by atoms with Crippen LogP contribution < -0.4 is 11.2 Å². The van der Waals surface area contributed by atoms with Crippen LogP contribution in [0.1, 0.15) is 36.5 Å². The van der Waals surface area contributed by atoms with Gasteiger partial charge in [-0.3, -0.25) is 14.8 Å². The zero-order chi connectivity index (χ0) is 20.1. The average molecular weight is 377 g/mol. The van der Waals surface area contributed by atoms with Gasteiger partial charge < -0.3 is 5.11 Å². The molecule has 0 atom stereocenters. The van der Waals surface area contributed by atoms with Crippen molar-refractivity contribution in [2.75, 3.05) is 0 Å². The van der Waals surface area contributed by atoms with Gasteiger partial charge in [-0.15, -0.1) is 0 Å². The maximum atomic E-state index is 12.3. The standard InChI is InChI=1S/C22H23N3O3/c1-3-4-8-16-10-12-17(13-11-16)23-14-18-20(26)24-22(28)25(21(18)27)19-9-6-5-7-15(19)2/h5-7,9-14,27H,3-4,8H2,1-2H3,(H,24,26,28). The highest BCUT2D eigenvalue weighted by atomic mass is 16.3. The molecular formula is C22H23N3O3. The highest BCUT2D eigenvalue weighted by Crippen LogP contribution is 2.19. The van der Waals surface area contributed by atoms with Gasteiger partial charge in [0.2, 0.25) is 5.88 Å². The van der Waals surface area contributed by atoms with E-state index < -0.39 is 17.1 Å². The molecule has 6 nitrogen and oxygen atoms in total. The van der Waals surface area contributed by atoms with Gasteiger partial charge in [-0.1, -0.05) is 43.7 Å². The zero-order valence-corrected chi connectivity index (χ0v) is 16.0. The molecule has 0 unspecified atom stereocenters. The first kappa shape index (κ1) is 19.4. The summed E-state index contributed by atoms with van der Waals surface area (Å²) in [5, 5.41) is 10.6. The maximum Gasteiger partial charge on any atom is 0.335 e. The summed E-state index contributed by atoms with van der Waals surface area (Å²) >= 11 is 0. The van der Waals surface area contributed by atoms with Crippen LogP contribution >= 0.6 is 0 Å². The predicted molar refractivity (Wildman–Crippen MR) is 111 cm³/mol. The number of aromatic amines is 1. The van der Waals surface area contributed by atoms with Crippen LogP contribution in [0.15, 0.2) is 63.1 Å². The van der Waals surface area contributed by atoms with Crippen molar-refractivity contribution in [3.8, 4) is 11.6 Å². The minimum atomic E-state index is -0.700. The monoisotopic (exact) mass is 377 g/mol. The molecule has 0 saturated heterocycles. The molecule has 28 heavy (non-hydrogen) atoms. The molecule has 0 aliphatic heterocycles. The SMILES string of the molecule is CCCCc1ccc(N=Cc2c(O)n(-c3ccccc3C)c(=O)[nH]c2=O)cc1. The second kappa shape index (κ2) is 8.52. The Hall–Kier alpha value is -3.41. The van der Waals surface area contributed by atoms with Crippen molar-refractivity contribution in [2.24, 2.45) is 4.99 Å². The first-order valence-corrected chi connectivity index (χ1v) is 9.28. The maximum absolute atomic E-state index is 12.3. The number of nitrogens with zero attached hydrogens (tertiary/aromatic N) is 2. The molecule has 2 aromatic carbocycles. The van der Waals surface area contributed by atoms with E-state index in [2.05, 4.69) is 16.9 Å². The van der Waals surface area contributed by atoms with E-state index in [1.54, 1.807) is 12.1 Å². The number of aromatic hydroxyl groups is 1. The van der Waals surface area contributed by atoms with Crippen molar-refractivity contribution in [3.05, 3.63) is 86.1 Å². The van der Waals surface area contributed by atoms with Gasteiger partial charge in [-0.2, -0.15) is 0 Å². The van der Waals surface area contributed by atoms with Crippen molar-refractivity contribution in [2.45, 2.75) is 33.1 Å². The molecule has 0 saturated carbocycles. The number of H-pyrrole nitrogens is 1. The highest BCUT2D eigenvalue weighted by Gasteiger charge is 2.15. The lowest BCUT2D eigenvalue weighted by atomic mass is 10.1. The fraction of sp³-hybridized carbons (Fsp3) is 0.227. The number of rotatable bonds is 6. The number of benzene rings is 2. The summed E-state index contributed by atoms with van der Waals surface area (Å²) in [4.78, 5) is 31.0. The molecule has 0 aliphatic carbocycles. The third kappa shape index (κ3) is 4.11. The Morgan fingerprint density at radius 3 is 2.50 bits per heavy atom. The second-order valence-electron chi connectivity index (χ2n) is 6.65. The summed E-state index contributed by atoms with van der Waals surface area (Å²) in [6, 6.07) is 14.8. The van der Waals surface area contributed by atoms with Crippen LogP contribution in [0.5, 0.6) is 5.88 Å². The molecular weight excluding hydrogens is 354 g/mol. The lowest BCUT2D eigenvalue weighted by Gasteiger charge is -2.11. The van der Waals surface area contributed by atoms with Crippen molar-refractivity contribution in [3.63, 3.8) is 0 Å². The lowest BCUT2D eigenvalue weighted by Crippen LogP contribution is -2.31. The van der Waals surface area contributed by atoms with Crippen LogP contribution in [0.25, 0.3) is 5.69 Å². The van der Waals surface area contributed by atoms with Gasteiger partial charge in [0.05, 0.1) is 11.4 Å². The Morgan fingerprint density at radius 1 is 1.11 bits per heavy atom. The van der Waals surface area contributed by atoms with E-state index in [1.807, 2.05) is 43.3 Å². The first-order chi connectivity index (χ1) is 13.5. The van der Waals surface area contributed by atoms with Crippen molar-refractivity contribution < 1.29 is 5.11 Å². The normalized spacial score (nSPS) is 11.2. The number of aliphatic imine (C=N–C) groups is 1. The third-order valence-corrected chi connectivity index (χ3v) is 4.58. The van der Waals surface area contributed by atoms with E-state index in [0.29, 0.717) is 11.4 Å². The number of aryl methyl sites for hydroxylation is 2. The van der Waals surface area contributed by atoms with E-state index in [4.69, 9.17) is 0 Å². The molecule has 144 valence electrons. The third-order valence-electron chi connectivity index (χ3n) is 4.58. The largest absolute Gasteiger partial charge is 0.493 e. The molecule has 1 heterocycles. The molecule has 0 bridgehead atoms. The van der Waals surface area contributed by atoms with Gasteiger partial charge >= 0.3 is 5.69 Å². The molecule has 0 spiro atoms. The summed E-state index contributed by atoms with van der Waals surface area (Å²) in [7, 11) is 0. The van der Waals surface area contributed by atoms with Gasteiger partial charge in [0.1, 0.15) is 5.56 Å². The topological polar surface area (TPSA) is 87.4 Å². The Labute approximate surface area is 162 Å². The summed E-state index contributed by atoms with van der Waals surface area (Å²) in [5.41, 5.74) is 1.72. The molecule has 0 aliphatic rings. The van der Waals surface area contributed by atoms with E-state index >= 15 is 0 Å². The van der Waals surface area contributed by atoms with E-state index in [0.717, 1.165) is 29.4 Å². The molecule has 3 rings (SSSR count). The molecule has 0 amide bonds. The van der Waals surface area contributed by atoms with Crippen molar-refractivity contribution >= 4 is 11.9 Å². The molecule has 0 fully saturated rings. The number of unbranched alkanes of at least 4 members (excludes halogenated alkanes) is 1. The number of hydrogen-bond acceptors (Lipinski definition) is 4. The molecule has 0 radical (unpaired) electrons. The van der Waals surface area contributed by atoms with Crippen LogP contribution in [0.4, 0.5) is 5.69 Å². The van der Waals surface area contributed by atoms with Gasteiger partial charge in [0, 0.05) is 6.21 Å². The summed E-state index contributed by atoms with van der Waals surface area (Å²) in [5.74, 6) is -0.439. The van der Waals surface area contributed by atoms with E-state index in [1.165, 1.54) is 11.8 Å². The van der Waals surface area contributed by atoms with Crippen LogP contribution in [0, 0.1) is 6.92 Å². The Bertz CT molecular complexity index is 1110. The van der Waals surface area contributed by atoms with Crippen LogP contribution in [-0.2, 0) is 6.42 Å². The fourth-order valence-electron chi connectivity index (χ4n) is 2.96. The van der Waals surface area contributed by atoms with Crippen LogP contribution in [0.3, 0.4) is 0 Å². The Kier molecular flexibility index (Phi) is 5.89. The summed E-state index contributed by atoms with van der Waals surface area (Å²) in [6.45, 7) is 3.97. The molecule has 2 N–H and O–H groups in total. The zero-order valence-electron chi connectivity index (χ0n) is 16.0. The lowest BCUT2D eigenvalue weighted by molar-refractivity contribution is 0.430. The van der Waals surface area contributed by atoms with Crippen LogP contribution in [-0.4, -0.2) is 20.9 Å². The van der Waals surface area contributed by atoms with Gasteiger partial charge in [-0.05, 0) is 49.1 Å². The molecule has 6 heteroatoms. The quantitative estimate of drug-likeness (QED) is 0.643. The molecule has 1 aromatic heterocycles. The van der Waals surface area contributed by atoms with Gasteiger partial charge in [0.15, 0.2) is 0 Å². The smallest absolute Gasteiger partial charge is 0.335 e. The highest BCUT2D eigenvalue weighted by molar-refractivity contribution is 5.84. The van der Waals surface area contributed by atoms with Crippen molar-refractivity contribution in [1.29, 1.82) is 0 Å². The van der Waals surface area contributed by atoms with Gasteiger partial charge in [0.25, 0.3) is 5.56 Å². The summed E-state index contributed by atoms with van der Waals surface area (Å²) < 4.78 is 1.08. The minimum Gasteiger partial charge on any atom is -0.493 e. The minimum absolute atomic E-state index is 0.0714. The number of para-hydroxylation sites is 1. The number of hydrogen-bond donors (Lipinski definition) is 2. The number of aromatic nitrogens is 2. The summed E-state index contributed by atoms with van der Waals surface area (Å²) in [6.07, 6.45) is 4.57. The first-order valence-electron chi connectivity index (χ1n) is 9.28. The van der Waals surface area contributed by atoms with Crippen molar-refractivity contribution in [1.82, 2.24) is 9.55 Å². The molecule has 3 aromatic rings. The number of nitrogens with one attached hydrogen (secondary N) is 1. The van der Waals surface area contributed by atoms with E-state index in [-0.39, 0.29) is 5.56 Å².